The maximum absolute atomic E-state index is 12.2. The van der Waals surface area contributed by atoms with Crippen LogP contribution in [-0.2, 0) is 13.1 Å². The summed E-state index contributed by atoms with van der Waals surface area (Å²) in [5, 5.41) is 26.1. The quantitative estimate of drug-likeness (QED) is 0.775. The number of aromatic hydroxyl groups is 2. The molecule has 1 heterocycles. The Morgan fingerprint density at radius 1 is 1.37 bits per heavy atom. The molecule has 0 radical (unpaired) electrons. The number of hydrogen-bond donors (Lipinski definition) is 3. The van der Waals surface area contributed by atoms with E-state index in [-0.39, 0.29) is 18.0 Å². The van der Waals surface area contributed by atoms with Crippen molar-refractivity contribution in [2.45, 2.75) is 20.0 Å². The van der Waals surface area contributed by atoms with Crippen molar-refractivity contribution >= 4 is 5.82 Å². The van der Waals surface area contributed by atoms with Crippen LogP contribution < -0.4 is 5.32 Å². The Morgan fingerprint density at radius 3 is 2.84 bits per heavy atom. The summed E-state index contributed by atoms with van der Waals surface area (Å²) < 4.78 is 13.8. The van der Waals surface area contributed by atoms with Crippen LogP contribution in [0.15, 0.2) is 24.4 Å². The number of halogens is 1. The van der Waals surface area contributed by atoms with Crippen molar-refractivity contribution in [3.05, 3.63) is 35.5 Å². The lowest BCUT2D eigenvalue weighted by Crippen LogP contribution is -2.04. The molecule has 0 aliphatic carbocycles. The molecule has 3 N–H and O–H groups in total. The molecule has 0 aliphatic rings. The Kier molecular flexibility index (Phi) is 3.89. The van der Waals surface area contributed by atoms with Crippen LogP contribution in [-0.4, -0.2) is 26.7 Å². The van der Waals surface area contributed by atoms with Gasteiger partial charge in [0.1, 0.15) is 18.2 Å². The fraction of sp³-hybridized carbons (Fsp3) is 0.308. The molecule has 0 amide bonds. The van der Waals surface area contributed by atoms with Crippen molar-refractivity contribution in [2.24, 2.45) is 0 Å². The maximum Gasteiger partial charge on any atom is 0.151 e. The first-order chi connectivity index (χ1) is 9.10. The third kappa shape index (κ3) is 3.15. The van der Waals surface area contributed by atoms with E-state index in [0.717, 1.165) is 5.56 Å². The molecule has 1 aromatic heterocycles. The Bertz CT molecular complexity index is 569. The standard InChI is InChI=1S/C13H16FN3O2/c1-9-8-17(5-4-14)16-13(9)15-7-10-2-3-11(18)6-12(10)19/h2-3,6,8,18-19H,4-5,7H2,1H3,(H,15,16). The minimum atomic E-state index is -0.459. The highest BCUT2D eigenvalue weighted by Gasteiger charge is 2.07. The lowest BCUT2D eigenvalue weighted by Gasteiger charge is -2.07. The summed E-state index contributed by atoms with van der Waals surface area (Å²) in [6.45, 7) is 2.02. The predicted octanol–water partition coefficient (Wildman–Crippen LogP) is 2.18. The monoisotopic (exact) mass is 265 g/mol. The van der Waals surface area contributed by atoms with Gasteiger partial charge in [-0.1, -0.05) is 0 Å². The molecule has 0 fully saturated rings. The van der Waals surface area contributed by atoms with Crippen molar-refractivity contribution in [1.29, 1.82) is 0 Å². The van der Waals surface area contributed by atoms with E-state index < -0.39 is 6.67 Å². The molecule has 6 heteroatoms. The molecule has 0 bridgehead atoms. The van der Waals surface area contributed by atoms with Gasteiger partial charge in [-0.2, -0.15) is 5.10 Å². The Morgan fingerprint density at radius 2 is 2.16 bits per heavy atom. The van der Waals surface area contributed by atoms with Crippen molar-refractivity contribution in [2.75, 3.05) is 12.0 Å². The van der Waals surface area contributed by atoms with Gasteiger partial charge in [-0.05, 0) is 19.1 Å². The second kappa shape index (κ2) is 5.60. The third-order valence-electron chi connectivity index (χ3n) is 2.77. The van der Waals surface area contributed by atoms with Crippen molar-refractivity contribution in [3.63, 3.8) is 0 Å². The van der Waals surface area contributed by atoms with Crippen molar-refractivity contribution in [1.82, 2.24) is 9.78 Å². The number of nitrogens with one attached hydrogen (secondary N) is 1. The molecular formula is C13H16FN3O2. The second-order valence-electron chi connectivity index (χ2n) is 4.28. The SMILES string of the molecule is Cc1cn(CCF)nc1NCc1ccc(O)cc1O. The van der Waals surface area contributed by atoms with E-state index in [4.69, 9.17) is 0 Å². The molecule has 0 unspecified atom stereocenters. The Hall–Kier alpha value is -2.24. The van der Waals surface area contributed by atoms with Gasteiger partial charge in [0, 0.05) is 29.9 Å². The second-order valence-corrected chi connectivity index (χ2v) is 4.28. The number of hydrogen-bond acceptors (Lipinski definition) is 4. The van der Waals surface area contributed by atoms with Gasteiger partial charge in [0.15, 0.2) is 5.82 Å². The summed E-state index contributed by atoms with van der Waals surface area (Å²) in [6, 6.07) is 4.42. The minimum Gasteiger partial charge on any atom is -0.508 e. The first kappa shape index (κ1) is 13.2. The fourth-order valence-electron chi connectivity index (χ4n) is 1.78. The van der Waals surface area contributed by atoms with Crippen LogP contribution in [0.2, 0.25) is 0 Å². The molecular weight excluding hydrogens is 249 g/mol. The molecule has 0 saturated heterocycles. The third-order valence-corrected chi connectivity index (χ3v) is 2.77. The Labute approximate surface area is 110 Å². The molecule has 1 aromatic carbocycles. The smallest absolute Gasteiger partial charge is 0.151 e. The van der Waals surface area contributed by atoms with Gasteiger partial charge in [0.05, 0.1) is 6.54 Å². The van der Waals surface area contributed by atoms with E-state index in [0.29, 0.717) is 17.9 Å². The zero-order valence-electron chi connectivity index (χ0n) is 10.6. The number of anilines is 1. The van der Waals surface area contributed by atoms with Gasteiger partial charge >= 0.3 is 0 Å². The first-order valence-electron chi connectivity index (χ1n) is 5.95. The zero-order chi connectivity index (χ0) is 13.8. The highest BCUT2D eigenvalue weighted by atomic mass is 19.1. The summed E-state index contributed by atoms with van der Waals surface area (Å²) in [6.07, 6.45) is 1.76. The van der Waals surface area contributed by atoms with Gasteiger partial charge in [0.2, 0.25) is 0 Å². The van der Waals surface area contributed by atoms with Gasteiger partial charge < -0.3 is 15.5 Å². The number of alkyl halides is 1. The average molecular weight is 265 g/mol. The van der Waals surface area contributed by atoms with Crippen LogP contribution in [0.3, 0.4) is 0 Å². The highest BCUT2D eigenvalue weighted by molar-refractivity contribution is 5.45. The van der Waals surface area contributed by atoms with E-state index in [1.54, 1.807) is 12.3 Å². The van der Waals surface area contributed by atoms with Gasteiger partial charge in [-0.15, -0.1) is 0 Å². The lowest BCUT2D eigenvalue weighted by atomic mass is 10.2. The fourth-order valence-corrected chi connectivity index (χ4v) is 1.78. The van der Waals surface area contributed by atoms with Crippen LogP contribution in [0.5, 0.6) is 11.5 Å². The van der Waals surface area contributed by atoms with Crippen molar-refractivity contribution < 1.29 is 14.6 Å². The van der Waals surface area contributed by atoms with E-state index >= 15 is 0 Å². The molecule has 5 nitrogen and oxygen atoms in total. The van der Waals surface area contributed by atoms with Gasteiger partial charge in [-0.3, -0.25) is 4.68 Å². The lowest BCUT2D eigenvalue weighted by molar-refractivity contribution is 0.427. The summed E-state index contributed by atoms with van der Waals surface area (Å²) >= 11 is 0. The van der Waals surface area contributed by atoms with E-state index in [1.807, 2.05) is 6.92 Å². The molecule has 0 aliphatic heterocycles. The molecule has 0 atom stereocenters. The molecule has 2 rings (SSSR count). The van der Waals surface area contributed by atoms with Gasteiger partial charge in [-0.25, -0.2) is 4.39 Å². The maximum atomic E-state index is 12.2. The molecule has 2 aromatic rings. The van der Waals surface area contributed by atoms with Crippen LogP contribution >= 0.6 is 0 Å². The number of phenolic OH excluding ortho intramolecular Hbond substituents is 2. The van der Waals surface area contributed by atoms with Crippen LogP contribution in [0.4, 0.5) is 10.2 Å². The zero-order valence-corrected chi connectivity index (χ0v) is 10.6. The van der Waals surface area contributed by atoms with E-state index in [1.165, 1.54) is 16.8 Å². The number of aromatic nitrogens is 2. The Balaban J connectivity index is 2.05. The minimum absolute atomic E-state index is 0.0182. The van der Waals surface area contributed by atoms with Gasteiger partial charge in [0.25, 0.3) is 0 Å². The number of phenols is 2. The number of rotatable bonds is 5. The molecule has 19 heavy (non-hydrogen) atoms. The molecule has 0 spiro atoms. The molecule has 0 saturated carbocycles. The van der Waals surface area contributed by atoms with Crippen LogP contribution in [0.25, 0.3) is 0 Å². The number of aryl methyl sites for hydroxylation is 2. The highest BCUT2D eigenvalue weighted by Crippen LogP contribution is 2.23. The summed E-state index contributed by atoms with van der Waals surface area (Å²) in [7, 11) is 0. The summed E-state index contributed by atoms with van der Waals surface area (Å²) in [5.74, 6) is 0.693. The molecule has 102 valence electrons. The van der Waals surface area contributed by atoms with E-state index in [9.17, 15) is 14.6 Å². The number of nitrogens with zero attached hydrogens (tertiary/aromatic N) is 2. The predicted molar refractivity (Wildman–Crippen MR) is 70.0 cm³/mol. The van der Waals surface area contributed by atoms with Crippen LogP contribution in [0.1, 0.15) is 11.1 Å². The van der Waals surface area contributed by atoms with Crippen molar-refractivity contribution in [3.8, 4) is 11.5 Å². The largest absolute Gasteiger partial charge is 0.508 e. The van der Waals surface area contributed by atoms with Crippen LogP contribution in [0, 0.1) is 6.92 Å². The first-order valence-corrected chi connectivity index (χ1v) is 5.95. The summed E-state index contributed by atoms with van der Waals surface area (Å²) in [4.78, 5) is 0. The normalized spacial score (nSPS) is 10.6. The average Bonchev–Trinajstić information content (AvgIpc) is 2.69. The summed E-state index contributed by atoms with van der Waals surface area (Å²) in [5.41, 5.74) is 1.56. The topological polar surface area (TPSA) is 70.3 Å². The number of benzene rings is 1. The van der Waals surface area contributed by atoms with E-state index in [2.05, 4.69) is 10.4 Å².